The normalized spacial score (nSPS) is 10.3. The highest BCUT2D eigenvalue weighted by Gasteiger charge is 2.14. The molecule has 0 fully saturated rings. The van der Waals surface area contributed by atoms with E-state index in [0.717, 1.165) is 15.6 Å². The molecule has 0 radical (unpaired) electrons. The average Bonchev–Trinajstić information content (AvgIpc) is 2.72. The van der Waals surface area contributed by atoms with Gasteiger partial charge < -0.3 is 14.8 Å². The molecule has 5 heteroatoms. The summed E-state index contributed by atoms with van der Waals surface area (Å²) in [5, 5.41) is 3.30. The summed E-state index contributed by atoms with van der Waals surface area (Å²) in [4.78, 5) is 0.628. The summed E-state index contributed by atoms with van der Waals surface area (Å²) in [5.74, 6) is 1.31. The zero-order valence-electron chi connectivity index (χ0n) is 14.9. The summed E-state index contributed by atoms with van der Waals surface area (Å²) in [6.07, 6.45) is 0. The van der Waals surface area contributed by atoms with E-state index in [1.807, 2.05) is 60.7 Å². The molecule has 3 aromatic carbocycles. The minimum Gasteiger partial charge on any atom is -0.493 e. The third kappa shape index (κ3) is 5.31. The zero-order chi connectivity index (χ0) is 19.1. The molecular weight excluding hydrogens is 422 g/mol. The summed E-state index contributed by atoms with van der Waals surface area (Å²) in [6, 6.07) is 23.9. The highest BCUT2D eigenvalue weighted by Crippen LogP contribution is 2.32. The number of benzene rings is 3. The van der Waals surface area contributed by atoms with Crippen LogP contribution in [0.15, 0.2) is 77.3 Å². The van der Waals surface area contributed by atoms with Gasteiger partial charge in [0.2, 0.25) is 0 Å². The van der Waals surface area contributed by atoms with Crippen LogP contribution < -0.4 is 14.8 Å². The first-order valence-electron chi connectivity index (χ1n) is 8.54. The van der Waals surface area contributed by atoms with Crippen LogP contribution >= 0.6 is 28.1 Å². The van der Waals surface area contributed by atoms with Gasteiger partial charge in [-0.05, 0) is 35.4 Å². The van der Waals surface area contributed by atoms with E-state index in [-0.39, 0.29) is 0 Å². The lowest BCUT2D eigenvalue weighted by Crippen LogP contribution is -2.22. The van der Waals surface area contributed by atoms with Crippen molar-refractivity contribution >= 4 is 33.1 Å². The van der Waals surface area contributed by atoms with Gasteiger partial charge >= 0.3 is 0 Å². The summed E-state index contributed by atoms with van der Waals surface area (Å²) in [5.41, 5.74) is 3.05. The van der Waals surface area contributed by atoms with Crippen LogP contribution in [0.3, 0.4) is 0 Å². The molecule has 0 heterocycles. The standard InChI is InChI=1S/C22H20BrNO2S/c1-25-20-9-5-8-19(22(27)24-14-16-6-3-2-4-7-16)21(20)26-15-17-10-12-18(23)13-11-17/h2-13H,14-15H2,1H3,(H,24,27). The monoisotopic (exact) mass is 441 g/mol. The van der Waals surface area contributed by atoms with Gasteiger partial charge in [0.25, 0.3) is 0 Å². The molecule has 0 saturated heterocycles. The Morgan fingerprint density at radius 3 is 2.37 bits per heavy atom. The first-order chi connectivity index (χ1) is 13.2. The summed E-state index contributed by atoms with van der Waals surface area (Å²) in [6.45, 7) is 1.09. The van der Waals surface area contributed by atoms with E-state index in [1.165, 1.54) is 5.56 Å². The Kier molecular flexibility index (Phi) is 6.85. The molecule has 0 saturated carbocycles. The predicted molar refractivity (Wildman–Crippen MR) is 116 cm³/mol. The van der Waals surface area contributed by atoms with Crippen molar-refractivity contribution in [2.75, 3.05) is 7.11 Å². The number of nitrogens with one attached hydrogen (secondary N) is 1. The molecule has 3 rings (SSSR count). The van der Waals surface area contributed by atoms with Crippen molar-refractivity contribution in [2.45, 2.75) is 13.2 Å². The molecule has 27 heavy (non-hydrogen) atoms. The smallest absolute Gasteiger partial charge is 0.171 e. The lowest BCUT2D eigenvalue weighted by atomic mass is 10.1. The maximum atomic E-state index is 6.09. The van der Waals surface area contributed by atoms with E-state index < -0.39 is 0 Å². The molecule has 0 aliphatic rings. The fourth-order valence-corrected chi connectivity index (χ4v) is 3.11. The lowest BCUT2D eigenvalue weighted by molar-refractivity contribution is 0.284. The van der Waals surface area contributed by atoms with Gasteiger partial charge in [0.05, 0.1) is 12.7 Å². The summed E-state index contributed by atoms with van der Waals surface area (Å²) < 4.78 is 12.6. The molecular formula is C22H20BrNO2S. The van der Waals surface area contributed by atoms with Crippen LogP contribution in [0.2, 0.25) is 0 Å². The van der Waals surface area contributed by atoms with E-state index in [0.29, 0.717) is 29.6 Å². The van der Waals surface area contributed by atoms with Gasteiger partial charge in [-0.15, -0.1) is 0 Å². The van der Waals surface area contributed by atoms with Crippen LogP contribution in [-0.4, -0.2) is 12.1 Å². The Morgan fingerprint density at radius 1 is 0.926 bits per heavy atom. The number of ether oxygens (including phenoxy) is 2. The zero-order valence-corrected chi connectivity index (χ0v) is 17.3. The molecule has 3 nitrogen and oxygen atoms in total. The average molecular weight is 442 g/mol. The van der Waals surface area contributed by atoms with Crippen LogP contribution in [0.4, 0.5) is 0 Å². The number of para-hydroxylation sites is 1. The highest BCUT2D eigenvalue weighted by atomic mass is 79.9. The maximum Gasteiger partial charge on any atom is 0.171 e. The van der Waals surface area contributed by atoms with Crippen molar-refractivity contribution < 1.29 is 9.47 Å². The number of methoxy groups -OCH3 is 1. The minimum atomic E-state index is 0.432. The topological polar surface area (TPSA) is 30.5 Å². The Balaban J connectivity index is 1.75. The number of halogens is 1. The van der Waals surface area contributed by atoms with Crippen LogP contribution in [0, 0.1) is 0 Å². The van der Waals surface area contributed by atoms with Gasteiger partial charge in [-0.25, -0.2) is 0 Å². The SMILES string of the molecule is COc1cccc(C(=S)NCc2ccccc2)c1OCc1ccc(Br)cc1. The van der Waals surface area contributed by atoms with Crippen molar-refractivity contribution in [3.05, 3.63) is 94.0 Å². The summed E-state index contributed by atoms with van der Waals surface area (Å²) >= 11 is 9.06. The highest BCUT2D eigenvalue weighted by molar-refractivity contribution is 9.10. The molecule has 0 bridgehead atoms. The molecule has 0 spiro atoms. The molecule has 3 aromatic rings. The van der Waals surface area contributed by atoms with E-state index in [1.54, 1.807) is 7.11 Å². The van der Waals surface area contributed by atoms with Gasteiger partial charge in [0.1, 0.15) is 11.6 Å². The fraction of sp³-hybridized carbons (Fsp3) is 0.136. The molecule has 0 aliphatic heterocycles. The summed E-state index contributed by atoms with van der Waals surface area (Å²) in [7, 11) is 1.63. The first kappa shape index (κ1) is 19.4. The molecule has 0 aliphatic carbocycles. The van der Waals surface area contributed by atoms with Crippen molar-refractivity contribution in [3.63, 3.8) is 0 Å². The van der Waals surface area contributed by atoms with Crippen molar-refractivity contribution in [2.24, 2.45) is 0 Å². The number of thiocarbonyl (C=S) groups is 1. The van der Waals surface area contributed by atoms with Crippen molar-refractivity contribution in [3.8, 4) is 11.5 Å². The quantitative estimate of drug-likeness (QED) is 0.490. The Hall–Kier alpha value is -2.37. The second kappa shape index (κ2) is 9.53. The largest absolute Gasteiger partial charge is 0.493 e. The molecule has 1 N–H and O–H groups in total. The predicted octanol–water partition coefficient (Wildman–Crippen LogP) is 5.50. The van der Waals surface area contributed by atoms with Crippen LogP contribution in [-0.2, 0) is 13.2 Å². The Bertz CT molecular complexity index is 898. The van der Waals surface area contributed by atoms with Crippen molar-refractivity contribution in [1.82, 2.24) is 5.32 Å². The van der Waals surface area contributed by atoms with Gasteiger partial charge in [-0.3, -0.25) is 0 Å². The van der Waals surface area contributed by atoms with E-state index >= 15 is 0 Å². The maximum absolute atomic E-state index is 6.09. The lowest BCUT2D eigenvalue weighted by Gasteiger charge is -2.17. The number of hydrogen-bond acceptors (Lipinski definition) is 3. The van der Waals surface area contributed by atoms with Crippen LogP contribution in [0.1, 0.15) is 16.7 Å². The molecule has 138 valence electrons. The molecule has 0 aromatic heterocycles. The first-order valence-corrected chi connectivity index (χ1v) is 9.74. The molecule has 0 atom stereocenters. The fourth-order valence-electron chi connectivity index (χ4n) is 2.61. The van der Waals surface area contributed by atoms with Gasteiger partial charge in [0, 0.05) is 11.0 Å². The second-order valence-electron chi connectivity index (χ2n) is 5.92. The third-order valence-corrected chi connectivity index (χ3v) is 4.93. The van der Waals surface area contributed by atoms with Gasteiger partial charge in [-0.1, -0.05) is 76.7 Å². The van der Waals surface area contributed by atoms with E-state index in [4.69, 9.17) is 21.7 Å². The van der Waals surface area contributed by atoms with Gasteiger partial charge in [0.15, 0.2) is 11.5 Å². The minimum absolute atomic E-state index is 0.432. The van der Waals surface area contributed by atoms with Gasteiger partial charge in [-0.2, -0.15) is 0 Å². The Labute approximate surface area is 173 Å². The van der Waals surface area contributed by atoms with Crippen LogP contribution in [0.25, 0.3) is 0 Å². The second-order valence-corrected chi connectivity index (χ2v) is 7.24. The molecule has 0 unspecified atom stereocenters. The molecule has 0 amide bonds. The third-order valence-electron chi connectivity index (χ3n) is 4.04. The van der Waals surface area contributed by atoms with E-state index in [9.17, 15) is 0 Å². The number of rotatable bonds is 7. The van der Waals surface area contributed by atoms with Crippen molar-refractivity contribution in [1.29, 1.82) is 0 Å². The number of hydrogen-bond donors (Lipinski definition) is 1. The van der Waals surface area contributed by atoms with Crippen LogP contribution in [0.5, 0.6) is 11.5 Å². The Morgan fingerprint density at radius 2 is 1.67 bits per heavy atom. The van der Waals surface area contributed by atoms with E-state index in [2.05, 4.69) is 33.4 Å².